The summed E-state index contributed by atoms with van der Waals surface area (Å²) >= 11 is 0. The fourth-order valence-electron chi connectivity index (χ4n) is 5.20. The monoisotopic (exact) mass is 584 g/mol. The highest BCUT2D eigenvalue weighted by Crippen LogP contribution is 2.30. The summed E-state index contributed by atoms with van der Waals surface area (Å²) < 4.78 is 29.2. The number of piperidine rings is 1. The first kappa shape index (κ1) is 29.3. The van der Waals surface area contributed by atoms with Gasteiger partial charge in [0.05, 0.1) is 36.0 Å². The molecule has 0 radical (unpaired) electrons. The van der Waals surface area contributed by atoms with Crippen molar-refractivity contribution in [2.75, 3.05) is 23.7 Å². The fourth-order valence-corrected chi connectivity index (χ4v) is 5.20. The number of halogens is 2. The van der Waals surface area contributed by atoms with Crippen LogP contribution in [0, 0.1) is 28.9 Å². The maximum Gasteiger partial charge on any atom is 0.256 e. The van der Waals surface area contributed by atoms with E-state index in [0.717, 1.165) is 23.4 Å². The van der Waals surface area contributed by atoms with Crippen molar-refractivity contribution in [3.05, 3.63) is 84.3 Å². The molecule has 2 aromatic carbocycles. The Morgan fingerprint density at radius 1 is 1.09 bits per heavy atom. The molecule has 4 aromatic rings. The van der Waals surface area contributed by atoms with Gasteiger partial charge in [0.25, 0.3) is 5.91 Å². The minimum atomic E-state index is -0.861. The molecule has 220 valence electrons. The van der Waals surface area contributed by atoms with Gasteiger partial charge in [-0.15, -0.1) is 0 Å². The van der Waals surface area contributed by atoms with E-state index in [4.69, 9.17) is 0 Å². The van der Waals surface area contributed by atoms with E-state index >= 15 is 0 Å². The van der Waals surface area contributed by atoms with Gasteiger partial charge in [0.1, 0.15) is 11.6 Å². The zero-order valence-electron chi connectivity index (χ0n) is 23.5. The molecule has 43 heavy (non-hydrogen) atoms. The number of nitrogens with one attached hydrogen (secondary N) is 2. The number of nitrogens with zero attached hydrogens (tertiary/aromatic N) is 6. The second-order valence-corrected chi connectivity index (χ2v) is 10.5. The van der Waals surface area contributed by atoms with Crippen LogP contribution in [0.15, 0.2) is 67.1 Å². The van der Waals surface area contributed by atoms with Crippen molar-refractivity contribution in [3.63, 3.8) is 0 Å². The van der Waals surface area contributed by atoms with Crippen LogP contribution in [-0.2, 0) is 4.79 Å². The highest BCUT2D eigenvalue weighted by atomic mass is 19.1. The second-order valence-electron chi connectivity index (χ2n) is 10.5. The lowest BCUT2D eigenvalue weighted by atomic mass is 9.89. The molecule has 3 heterocycles. The van der Waals surface area contributed by atoms with Crippen molar-refractivity contribution in [3.8, 4) is 17.3 Å². The molecule has 10 nitrogen and oxygen atoms in total. The van der Waals surface area contributed by atoms with Crippen LogP contribution in [0.25, 0.3) is 11.3 Å². The Hall–Kier alpha value is -5.18. The predicted octanol–water partition coefficient (Wildman–Crippen LogP) is 5.72. The Morgan fingerprint density at radius 3 is 2.53 bits per heavy atom. The molecule has 2 amide bonds. The zero-order valence-corrected chi connectivity index (χ0v) is 23.5. The quantitative estimate of drug-likeness (QED) is 0.258. The molecule has 1 aliphatic heterocycles. The number of anilines is 3. The third-order valence-corrected chi connectivity index (χ3v) is 7.38. The average molecular weight is 585 g/mol. The van der Waals surface area contributed by atoms with E-state index in [1.165, 1.54) is 13.0 Å². The molecule has 2 aromatic heterocycles. The highest BCUT2D eigenvalue weighted by molar-refractivity contribution is 5.94. The molecule has 0 bridgehead atoms. The number of rotatable bonds is 9. The Bertz CT molecular complexity index is 1640. The van der Waals surface area contributed by atoms with E-state index in [2.05, 4.69) is 31.8 Å². The second kappa shape index (κ2) is 13.2. The van der Waals surface area contributed by atoms with Crippen molar-refractivity contribution < 1.29 is 18.4 Å². The van der Waals surface area contributed by atoms with Gasteiger partial charge in [-0.2, -0.15) is 10.4 Å². The number of hydrogen-bond acceptors (Lipinski definition) is 7. The van der Waals surface area contributed by atoms with Crippen molar-refractivity contribution in [2.24, 2.45) is 5.92 Å². The molecular formula is C31H30F2N8O2. The molecular weight excluding hydrogens is 554 g/mol. The minimum absolute atomic E-state index is 0.130. The van der Waals surface area contributed by atoms with Crippen LogP contribution in [0.4, 0.5) is 26.1 Å². The molecule has 1 atom stereocenters. The van der Waals surface area contributed by atoms with Crippen molar-refractivity contribution in [1.82, 2.24) is 24.6 Å². The maximum atomic E-state index is 14.1. The molecule has 0 saturated carbocycles. The largest absolute Gasteiger partial charge is 0.339 e. The van der Waals surface area contributed by atoms with Gasteiger partial charge < -0.3 is 15.5 Å². The lowest BCUT2D eigenvalue weighted by Crippen LogP contribution is -2.39. The SMILES string of the molecule is CC(=O)Nc1ccc(Nc2nccc(-c3cnn(C(CC#N)CC4CCN(C(=O)c5ccc(F)cc5F)CC4)c3)n2)cc1. The molecule has 2 N–H and O–H groups in total. The summed E-state index contributed by atoms with van der Waals surface area (Å²) in [5, 5.41) is 19.9. The van der Waals surface area contributed by atoms with E-state index < -0.39 is 17.5 Å². The number of amides is 2. The average Bonchev–Trinajstić information content (AvgIpc) is 3.49. The van der Waals surface area contributed by atoms with Gasteiger partial charge in [0.2, 0.25) is 11.9 Å². The summed E-state index contributed by atoms with van der Waals surface area (Å²) in [6.07, 6.45) is 7.60. The molecule has 1 unspecified atom stereocenters. The normalized spacial score (nSPS) is 14.1. The molecule has 1 fully saturated rings. The Balaban J connectivity index is 1.20. The van der Waals surface area contributed by atoms with Gasteiger partial charge in [0.15, 0.2) is 0 Å². The summed E-state index contributed by atoms with van der Waals surface area (Å²) in [7, 11) is 0. The van der Waals surface area contributed by atoms with Gasteiger partial charge in [-0.05, 0) is 67.6 Å². The molecule has 0 spiro atoms. The molecule has 1 saturated heterocycles. The minimum Gasteiger partial charge on any atom is -0.339 e. The van der Waals surface area contributed by atoms with Crippen LogP contribution in [0.3, 0.4) is 0 Å². The van der Waals surface area contributed by atoms with Crippen LogP contribution >= 0.6 is 0 Å². The van der Waals surface area contributed by atoms with Crippen LogP contribution in [-0.4, -0.2) is 49.6 Å². The van der Waals surface area contributed by atoms with Crippen LogP contribution in [0.5, 0.6) is 0 Å². The van der Waals surface area contributed by atoms with Gasteiger partial charge >= 0.3 is 0 Å². The van der Waals surface area contributed by atoms with Gasteiger partial charge in [-0.3, -0.25) is 14.3 Å². The maximum absolute atomic E-state index is 14.1. The number of nitriles is 1. The Morgan fingerprint density at radius 2 is 1.84 bits per heavy atom. The van der Waals surface area contributed by atoms with Gasteiger partial charge in [-0.25, -0.2) is 18.7 Å². The lowest BCUT2D eigenvalue weighted by Gasteiger charge is -2.33. The van der Waals surface area contributed by atoms with Crippen molar-refractivity contribution in [1.29, 1.82) is 5.26 Å². The Labute approximate surface area is 247 Å². The first-order valence-corrected chi connectivity index (χ1v) is 13.9. The van der Waals surface area contributed by atoms with Gasteiger partial charge in [-0.1, -0.05) is 0 Å². The molecule has 0 aliphatic carbocycles. The van der Waals surface area contributed by atoms with Crippen molar-refractivity contribution in [2.45, 2.75) is 38.6 Å². The van der Waals surface area contributed by atoms with E-state index in [1.807, 2.05) is 18.3 Å². The standard InChI is InChI=1S/C31H30F2N8O2/c1-20(42)37-24-3-5-25(6-4-24)38-31-35-13-9-29(39-31)22-18-36-41(19-22)26(8-12-34)16-21-10-14-40(15-11-21)30(43)27-7-2-23(32)17-28(27)33/h2-7,9,13,17-19,21,26H,8,10-11,14-16H2,1H3,(H,37,42)(H,35,38,39). The fraction of sp³-hybridized carbons (Fsp3) is 0.290. The van der Waals surface area contributed by atoms with E-state index in [1.54, 1.807) is 40.2 Å². The topological polar surface area (TPSA) is 129 Å². The highest BCUT2D eigenvalue weighted by Gasteiger charge is 2.28. The van der Waals surface area contributed by atoms with Crippen LogP contribution < -0.4 is 10.6 Å². The first-order chi connectivity index (χ1) is 20.8. The summed E-state index contributed by atoms with van der Waals surface area (Å²) in [4.78, 5) is 34.5. The zero-order chi connectivity index (χ0) is 30.3. The number of aromatic nitrogens is 4. The van der Waals surface area contributed by atoms with Gasteiger partial charge in [0, 0.05) is 55.4 Å². The van der Waals surface area contributed by atoms with E-state index in [9.17, 15) is 23.6 Å². The van der Waals surface area contributed by atoms with Crippen LogP contribution in [0.1, 0.15) is 49.0 Å². The number of carbonyl (C=O) groups excluding carboxylic acids is 2. The summed E-state index contributed by atoms with van der Waals surface area (Å²) in [6, 6.07) is 14.0. The third-order valence-electron chi connectivity index (χ3n) is 7.38. The van der Waals surface area contributed by atoms with Crippen molar-refractivity contribution >= 4 is 29.1 Å². The molecule has 1 aliphatic rings. The summed E-state index contributed by atoms with van der Waals surface area (Å²) in [5.41, 5.74) is 2.75. The number of likely N-dealkylation sites (tertiary alicyclic amines) is 1. The third kappa shape index (κ3) is 7.37. The molecule has 12 heteroatoms. The Kier molecular flexibility index (Phi) is 9.00. The number of hydrogen-bond donors (Lipinski definition) is 2. The molecule has 5 rings (SSSR count). The smallest absolute Gasteiger partial charge is 0.256 e. The first-order valence-electron chi connectivity index (χ1n) is 13.9. The van der Waals surface area contributed by atoms with E-state index in [0.29, 0.717) is 49.7 Å². The number of carbonyl (C=O) groups is 2. The summed E-state index contributed by atoms with van der Waals surface area (Å²) in [6.45, 7) is 2.36. The predicted molar refractivity (Wildman–Crippen MR) is 156 cm³/mol. The number of benzene rings is 2. The lowest BCUT2D eigenvalue weighted by molar-refractivity contribution is -0.114. The summed E-state index contributed by atoms with van der Waals surface area (Å²) in [5.74, 6) is -1.52. The van der Waals surface area contributed by atoms with Crippen LogP contribution in [0.2, 0.25) is 0 Å². The van der Waals surface area contributed by atoms with E-state index in [-0.39, 0.29) is 29.9 Å².